The molecule has 22 heavy (non-hydrogen) atoms. The van der Waals surface area contributed by atoms with Gasteiger partial charge >= 0.3 is 0 Å². The van der Waals surface area contributed by atoms with Gasteiger partial charge in [0.25, 0.3) is 0 Å². The number of aliphatic hydroxyl groups excluding tert-OH is 2. The molecule has 0 fully saturated rings. The fourth-order valence-corrected chi connectivity index (χ4v) is 2.68. The molecule has 3 heteroatoms. The zero-order valence-electron chi connectivity index (χ0n) is 13.1. The summed E-state index contributed by atoms with van der Waals surface area (Å²) in [5.41, 5.74) is 2.42. The van der Waals surface area contributed by atoms with E-state index in [9.17, 15) is 10.2 Å². The Hall–Kier alpha value is -1.68. The first-order valence-corrected chi connectivity index (χ1v) is 7.80. The lowest BCUT2D eigenvalue weighted by Gasteiger charge is -2.31. The quantitative estimate of drug-likeness (QED) is 0.788. The number of hydrogen-bond acceptors (Lipinski definition) is 3. The van der Waals surface area contributed by atoms with E-state index in [0.29, 0.717) is 6.42 Å². The highest BCUT2D eigenvalue weighted by atomic mass is 16.3. The zero-order chi connectivity index (χ0) is 15.8. The molecule has 0 saturated carbocycles. The topological polar surface area (TPSA) is 43.7 Å². The minimum atomic E-state index is -0.425. The minimum Gasteiger partial charge on any atom is -0.395 e. The van der Waals surface area contributed by atoms with E-state index in [1.807, 2.05) is 36.4 Å². The first-order chi connectivity index (χ1) is 10.7. The second kappa shape index (κ2) is 8.69. The Morgan fingerprint density at radius 1 is 0.864 bits per heavy atom. The highest BCUT2D eigenvalue weighted by molar-refractivity contribution is 5.17. The lowest BCUT2D eigenvalue weighted by molar-refractivity contribution is 0.0636. The van der Waals surface area contributed by atoms with E-state index in [0.717, 1.165) is 13.1 Å². The number of aliphatic hydroxyl groups is 2. The number of rotatable bonds is 8. The van der Waals surface area contributed by atoms with Gasteiger partial charge in [0.1, 0.15) is 0 Å². The molecule has 0 unspecified atom stereocenters. The molecule has 2 aromatic rings. The highest BCUT2D eigenvalue weighted by Gasteiger charge is 2.20. The monoisotopic (exact) mass is 299 g/mol. The van der Waals surface area contributed by atoms with E-state index in [2.05, 4.69) is 29.2 Å². The van der Waals surface area contributed by atoms with Gasteiger partial charge in [-0.2, -0.15) is 0 Å². The third kappa shape index (κ3) is 5.26. The van der Waals surface area contributed by atoms with Crippen molar-refractivity contribution in [2.24, 2.45) is 0 Å². The lowest BCUT2D eigenvalue weighted by Crippen LogP contribution is -2.39. The Kier molecular flexibility index (Phi) is 6.59. The number of nitrogens with zero attached hydrogens (tertiary/aromatic N) is 1. The molecule has 0 saturated heterocycles. The molecule has 0 heterocycles. The summed E-state index contributed by atoms with van der Waals surface area (Å²) in [7, 11) is 0. The van der Waals surface area contributed by atoms with Crippen LogP contribution in [-0.2, 0) is 13.1 Å². The second-order valence-corrected chi connectivity index (χ2v) is 5.80. The van der Waals surface area contributed by atoms with Gasteiger partial charge in [-0.3, -0.25) is 4.90 Å². The predicted molar refractivity (Wildman–Crippen MR) is 89.3 cm³/mol. The van der Waals surface area contributed by atoms with E-state index in [-0.39, 0.29) is 12.6 Å². The Balaban J connectivity index is 2.15. The van der Waals surface area contributed by atoms with Crippen LogP contribution in [0.2, 0.25) is 0 Å². The van der Waals surface area contributed by atoms with Crippen molar-refractivity contribution in [1.82, 2.24) is 4.90 Å². The summed E-state index contributed by atoms with van der Waals surface area (Å²) < 4.78 is 0. The zero-order valence-corrected chi connectivity index (χ0v) is 13.1. The first kappa shape index (κ1) is 16.7. The van der Waals surface area contributed by atoms with Crippen LogP contribution < -0.4 is 0 Å². The van der Waals surface area contributed by atoms with Gasteiger partial charge in [-0.1, -0.05) is 60.7 Å². The predicted octanol–water partition coefficient (Wildman–Crippen LogP) is 2.82. The summed E-state index contributed by atoms with van der Waals surface area (Å²) in [5.74, 6) is 0. The molecule has 0 spiro atoms. The van der Waals surface area contributed by atoms with Crippen LogP contribution >= 0.6 is 0 Å². The van der Waals surface area contributed by atoms with E-state index >= 15 is 0 Å². The van der Waals surface area contributed by atoms with Gasteiger partial charge in [-0.15, -0.1) is 0 Å². The molecule has 2 atom stereocenters. The third-order valence-corrected chi connectivity index (χ3v) is 3.80. The lowest BCUT2D eigenvalue weighted by atomic mass is 10.1. The van der Waals surface area contributed by atoms with Gasteiger partial charge in [0.15, 0.2) is 0 Å². The fraction of sp³-hybridized carbons (Fsp3) is 0.368. The van der Waals surface area contributed by atoms with Crippen LogP contribution in [-0.4, -0.2) is 33.9 Å². The average molecular weight is 299 g/mol. The van der Waals surface area contributed by atoms with Crippen molar-refractivity contribution in [3.63, 3.8) is 0 Å². The molecular formula is C19H25NO2. The van der Waals surface area contributed by atoms with Crippen LogP contribution in [0.15, 0.2) is 60.7 Å². The Morgan fingerprint density at radius 3 is 1.68 bits per heavy atom. The van der Waals surface area contributed by atoms with Crippen molar-refractivity contribution in [3.05, 3.63) is 71.8 Å². The van der Waals surface area contributed by atoms with E-state index < -0.39 is 6.10 Å². The fourth-order valence-electron chi connectivity index (χ4n) is 2.68. The van der Waals surface area contributed by atoms with E-state index in [1.54, 1.807) is 6.92 Å². The van der Waals surface area contributed by atoms with Gasteiger partial charge in [0.2, 0.25) is 0 Å². The molecule has 0 aliphatic heterocycles. The molecule has 0 radical (unpaired) electrons. The molecular weight excluding hydrogens is 274 g/mol. The normalized spacial score (nSPS) is 14.0. The van der Waals surface area contributed by atoms with Crippen LogP contribution in [0.25, 0.3) is 0 Å². The largest absolute Gasteiger partial charge is 0.395 e. The highest BCUT2D eigenvalue weighted by Crippen LogP contribution is 2.16. The molecule has 0 aromatic heterocycles. The Bertz CT molecular complexity index is 486. The van der Waals surface area contributed by atoms with Crippen LogP contribution in [0.5, 0.6) is 0 Å². The van der Waals surface area contributed by atoms with Crippen molar-refractivity contribution in [1.29, 1.82) is 0 Å². The van der Waals surface area contributed by atoms with Gasteiger partial charge in [-0.05, 0) is 24.5 Å². The maximum atomic E-state index is 9.75. The smallest absolute Gasteiger partial charge is 0.0588 e. The Labute approximate surface area is 132 Å². The van der Waals surface area contributed by atoms with Crippen molar-refractivity contribution in [2.45, 2.75) is 38.6 Å². The maximum Gasteiger partial charge on any atom is 0.0588 e. The maximum absolute atomic E-state index is 9.75. The molecule has 118 valence electrons. The molecule has 3 nitrogen and oxygen atoms in total. The summed E-state index contributed by atoms with van der Waals surface area (Å²) >= 11 is 0. The molecule has 0 bridgehead atoms. The molecule has 0 aliphatic carbocycles. The van der Waals surface area contributed by atoms with Crippen molar-refractivity contribution < 1.29 is 10.2 Å². The molecule has 2 N–H and O–H groups in total. The van der Waals surface area contributed by atoms with Gasteiger partial charge in [0, 0.05) is 19.1 Å². The van der Waals surface area contributed by atoms with E-state index in [4.69, 9.17) is 0 Å². The Morgan fingerprint density at radius 2 is 1.32 bits per heavy atom. The summed E-state index contributed by atoms with van der Waals surface area (Å²) in [6.45, 7) is 3.33. The second-order valence-electron chi connectivity index (χ2n) is 5.80. The van der Waals surface area contributed by atoms with Crippen molar-refractivity contribution >= 4 is 0 Å². The van der Waals surface area contributed by atoms with Gasteiger partial charge in [-0.25, -0.2) is 0 Å². The van der Waals surface area contributed by atoms with Crippen LogP contribution in [0.3, 0.4) is 0 Å². The summed E-state index contributed by atoms with van der Waals surface area (Å²) in [6.07, 6.45) is 0.141. The minimum absolute atomic E-state index is 0.0462. The molecule has 2 rings (SSSR count). The summed E-state index contributed by atoms with van der Waals surface area (Å²) in [5, 5.41) is 19.4. The molecule has 0 amide bonds. The standard InChI is InChI=1S/C19H25NO2/c1-16(22)12-19(15-21)20(13-17-8-4-2-5-9-17)14-18-10-6-3-7-11-18/h2-11,16,19,21-22H,12-15H2,1H3/t16-,19-/m0/s1. The van der Waals surface area contributed by atoms with Gasteiger partial charge in [0.05, 0.1) is 12.7 Å². The van der Waals surface area contributed by atoms with Crippen LogP contribution in [0.4, 0.5) is 0 Å². The average Bonchev–Trinajstić information content (AvgIpc) is 2.54. The first-order valence-electron chi connectivity index (χ1n) is 7.80. The van der Waals surface area contributed by atoms with Crippen molar-refractivity contribution in [2.75, 3.05) is 6.61 Å². The summed E-state index contributed by atoms with van der Waals surface area (Å²) in [4.78, 5) is 2.23. The molecule has 0 aliphatic rings. The van der Waals surface area contributed by atoms with Gasteiger partial charge < -0.3 is 10.2 Å². The molecule has 2 aromatic carbocycles. The number of benzene rings is 2. The van der Waals surface area contributed by atoms with E-state index in [1.165, 1.54) is 11.1 Å². The van der Waals surface area contributed by atoms with Crippen LogP contribution in [0, 0.1) is 0 Å². The van der Waals surface area contributed by atoms with Crippen molar-refractivity contribution in [3.8, 4) is 0 Å². The summed E-state index contributed by atoms with van der Waals surface area (Å²) in [6, 6.07) is 20.4. The SMILES string of the molecule is C[C@H](O)C[C@@H](CO)N(Cc1ccccc1)Cc1ccccc1. The third-order valence-electron chi connectivity index (χ3n) is 3.80. The van der Waals surface area contributed by atoms with Crippen LogP contribution in [0.1, 0.15) is 24.5 Å². The number of hydrogen-bond donors (Lipinski definition) is 2.